The summed E-state index contributed by atoms with van der Waals surface area (Å²) in [5, 5.41) is 16.0. The predicted octanol–water partition coefficient (Wildman–Crippen LogP) is 2.73. The first kappa shape index (κ1) is 18.4. The fourth-order valence-electron chi connectivity index (χ4n) is 4.72. The monoisotopic (exact) mass is 349 g/mol. The van der Waals surface area contributed by atoms with Crippen molar-refractivity contribution in [2.75, 3.05) is 13.1 Å². The smallest absolute Gasteiger partial charge is 0.321 e. The van der Waals surface area contributed by atoms with Crippen LogP contribution < -0.4 is 0 Å². The van der Waals surface area contributed by atoms with Crippen molar-refractivity contribution in [1.82, 2.24) is 9.91 Å². The number of nitrogens with zero attached hydrogens (tertiary/aromatic N) is 3. The third-order valence-electron chi connectivity index (χ3n) is 5.98. The van der Waals surface area contributed by atoms with Gasteiger partial charge in [0.25, 0.3) is 0 Å². The van der Waals surface area contributed by atoms with Crippen LogP contribution >= 0.6 is 0 Å². The second-order valence-corrected chi connectivity index (χ2v) is 8.07. The topological polar surface area (TPSA) is 73.2 Å². The molecule has 3 unspecified atom stereocenters. The number of hydrogen-bond donors (Lipinski definition) is 1. The van der Waals surface area contributed by atoms with Crippen LogP contribution in [0.3, 0.4) is 0 Å². The highest BCUT2D eigenvalue weighted by Gasteiger charge is 2.43. The van der Waals surface area contributed by atoms with Crippen LogP contribution in [-0.2, 0) is 9.59 Å². The van der Waals surface area contributed by atoms with Gasteiger partial charge < -0.3 is 5.11 Å². The highest BCUT2D eigenvalue weighted by Crippen LogP contribution is 2.37. The molecule has 2 aliphatic heterocycles. The predicted molar refractivity (Wildman–Crippen MR) is 96.3 cm³/mol. The first-order valence-corrected chi connectivity index (χ1v) is 9.85. The minimum absolute atomic E-state index is 0.0298. The van der Waals surface area contributed by atoms with Crippen molar-refractivity contribution in [3.8, 4) is 0 Å². The first-order valence-electron chi connectivity index (χ1n) is 9.85. The molecule has 140 valence electrons. The van der Waals surface area contributed by atoms with Crippen LogP contribution in [0.15, 0.2) is 5.10 Å². The van der Waals surface area contributed by atoms with Gasteiger partial charge >= 0.3 is 5.97 Å². The van der Waals surface area contributed by atoms with Gasteiger partial charge in [-0.15, -0.1) is 0 Å². The lowest BCUT2D eigenvalue weighted by Crippen LogP contribution is -2.48. The summed E-state index contributed by atoms with van der Waals surface area (Å²) in [4.78, 5) is 26.7. The van der Waals surface area contributed by atoms with Gasteiger partial charge in [-0.3, -0.25) is 14.5 Å². The van der Waals surface area contributed by atoms with Crippen molar-refractivity contribution in [3.63, 3.8) is 0 Å². The zero-order valence-corrected chi connectivity index (χ0v) is 15.5. The molecule has 0 bridgehead atoms. The fraction of sp³-hybridized carbons (Fsp3) is 0.842. The van der Waals surface area contributed by atoms with E-state index in [2.05, 4.69) is 18.9 Å². The normalized spacial score (nSPS) is 28.6. The number of aliphatic carboxylic acids is 1. The van der Waals surface area contributed by atoms with E-state index in [-0.39, 0.29) is 18.4 Å². The van der Waals surface area contributed by atoms with E-state index < -0.39 is 12.0 Å². The molecule has 6 nitrogen and oxygen atoms in total. The van der Waals surface area contributed by atoms with Crippen molar-refractivity contribution in [3.05, 3.63) is 0 Å². The first-order chi connectivity index (χ1) is 12.0. The van der Waals surface area contributed by atoms with Gasteiger partial charge in [0.2, 0.25) is 5.91 Å². The van der Waals surface area contributed by atoms with Crippen LogP contribution in [0.1, 0.15) is 65.2 Å². The van der Waals surface area contributed by atoms with Gasteiger partial charge in [0.1, 0.15) is 6.04 Å². The molecule has 1 aliphatic carbocycles. The molecule has 0 aromatic heterocycles. The minimum atomic E-state index is -0.888. The van der Waals surface area contributed by atoms with Crippen molar-refractivity contribution in [1.29, 1.82) is 0 Å². The molecule has 6 heteroatoms. The highest BCUT2D eigenvalue weighted by molar-refractivity contribution is 5.93. The molecule has 3 aliphatic rings. The molecule has 2 fully saturated rings. The van der Waals surface area contributed by atoms with E-state index in [4.69, 9.17) is 0 Å². The number of rotatable bonds is 5. The average molecular weight is 349 g/mol. The SMILES string of the molecule is CC(C)C1C2CCCCC2=NN1C(=O)CC(C(=O)O)N1CCCCC1. The summed E-state index contributed by atoms with van der Waals surface area (Å²) in [7, 11) is 0. The average Bonchev–Trinajstić information content (AvgIpc) is 2.99. The molecular weight excluding hydrogens is 318 g/mol. The van der Waals surface area contributed by atoms with Gasteiger partial charge in [-0.1, -0.05) is 26.7 Å². The van der Waals surface area contributed by atoms with Crippen LogP contribution in [0, 0.1) is 11.8 Å². The number of carboxylic acids is 1. The molecule has 0 aromatic carbocycles. The number of carboxylic acid groups (broad SMARTS) is 1. The summed E-state index contributed by atoms with van der Waals surface area (Å²) in [5.41, 5.74) is 1.16. The molecule has 3 rings (SSSR count). The van der Waals surface area contributed by atoms with E-state index in [1.54, 1.807) is 5.01 Å². The Bertz CT molecular complexity index is 540. The van der Waals surface area contributed by atoms with Gasteiger partial charge in [0, 0.05) is 11.6 Å². The number of fused-ring (bicyclic) bond motifs is 1. The molecule has 0 aromatic rings. The maximum atomic E-state index is 13.0. The Morgan fingerprint density at radius 3 is 2.52 bits per heavy atom. The Hall–Kier alpha value is -1.43. The van der Waals surface area contributed by atoms with Gasteiger partial charge in [-0.05, 0) is 51.1 Å². The van der Waals surface area contributed by atoms with E-state index in [1.807, 2.05) is 4.90 Å². The molecule has 25 heavy (non-hydrogen) atoms. The Balaban J connectivity index is 1.73. The van der Waals surface area contributed by atoms with E-state index in [9.17, 15) is 14.7 Å². The van der Waals surface area contributed by atoms with Crippen molar-refractivity contribution in [2.24, 2.45) is 16.9 Å². The van der Waals surface area contributed by atoms with Crippen LogP contribution in [-0.4, -0.2) is 57.8 Å². The summed E-state index contributed by atoms with van der Waals surface area (Å²) in [5.74, 6) is -0.318. The zero-order chi connectivity index (χ0) is 18.0. The summed E-state index contributed by atoms with van der Waals surface area (Å²) in [6.07, 6.45) is 7.62. The quantitative estimate of drug-likeness (QED) is 0.828. The number of hydrazone groups is 1. The summed E-state index contributed by atoms with van der Waals surface area (Å²) in [6, 6.07) is -0.623. The Morgan fingerprint density at radius 2 is 1.88 bits per heavy atom. The van der Waals surface area contributed by atoms with Crippen LogP contribution in [0.5, 0.6) is 0 Å². The van der Waals surface area contributed by atoms with E-state index >= 15 is 0 Å². The molecule has 2 heterocycles. The Kier molecular flexibility index (Phi) is 5.77. The van der Waals surface area contributed by atoms with E-state index in [1.165, 1.54) is 6.42 Å². The summed E-state index contributed by atoms with van der Waals surface area (Å²) < 4.78 is 0. The maximum absolute atomic E-state index is 13.0. The molecule has 1 N–H and O–H groups in total. The number of carbonyl (C=O) groups is 2. The van der Waals surface area contributed by atoms with Crippen molar-refractivity contribution in [2.45, 2.75) is 77.3 Å². The largest absolute Gasteiger partial charge is 0.480 e. The standard InChI is InChI=1S/C19H31N3O3/c1-13(2)18-14-8-4-5-9-15(14)20-22(18)17(23)12-16(19(24)25)21-10-6-3-7-11-21/h13-14,16,18H,3-12H2,1-2H3,(H,24,25). The van der Waals surface area contributed by atoms with Gasteiger partial charge in [0.05, 0.1) is 12.5 Å². The second-order valence-electron chi connectivity index (χ2n) is 8.07. The molecule has 1 saturated heterocycles. The minimum Gasteiger partial charge on any atom is -0.480 e. The van der Waals surface area contributed by atoms with E-state index in [0.29, 0.717) is 11.8 Å². The van der Waals surface area contributed by atoms with Gasteiger partial charge in [-0.25, -0.2) is 5.01 Å². The molecule has 1 saturated carbocycles. The third kappa shape index (κ3) is 3.89. The zero-order valence-electron chi connectivity index (χ0n) is 15.5. The Labute approximate surface area is 150 Å². The number of piperidine rings is 1. The Morgan fingerprint density at radius 1 is 1.16 bits per heavy atom. The highest BCUT2D eigenvalue weighted by atomic mass is 16.4. The van der Waals surface area contributed by atoms with Gasteiger partial charge in [0.15, 0.2) is 0 Å². The van der Waals surface area contributed by atoms with Crippen molar-refractivity contribution >= 4 is 17.6 Å². The molecule has 1 amide bonds. The lowest BCUT2D eigenvalue weighted by molar-refractivity contribution is -0.149. The lowest BCUT2D eigenvalue weighted by Gasteiger charge is -2.34. The van der Waals surface area contributed by atoms with E-state index in [0.717, 1.165) is 57.3 Å². The van der Waals surface area contributed by atoms with Crippen molar-refractivity contribution < 1.29 is 14.7 Å². The summed E-state index contributed by atoms with van der Waals surface area (Å²) >= 11 is 0. The number of amides is 1. The number of carbonyl (C=O) groups excluding carboxylic acids is 1. The van der Waals surface area contributed by atoms with Crippen LogP contribution in [0.2, 0.25) is 0 Å². The summed E-state index contributed by atoms with van der Waals surface area (Å²) in [6.45, 7) is 5.82. The molecular formula is C19H31N3O3. The fourth-order valence-corrected chi connectivity index (χ4v) is 4.72. The number of likely N-dealkylation sites (tertiary alicyclic amines) is 1. The van der Waals surface area contributed by atoms with Gasteiger partial charge in [-0.2, -0.15) is 5.10 Å². The molecule has 0 radical (unpaired) electrons. The lowest BCUT2D eigenvalue weighted by atomic mass is 9.79. The third-order valence-corrected chi connectivity index (χ3v) is 5.98. The van der Waals surface area contributed by atoms with Crippen LogP contribution in [0.4, 0.5) is 0 Å². The second kappa shape index (κ2) is 7.85. The molecule has 0 spiro atoms. The maximum Gasteiger partial charge on any atom is 0.321 e. The van der Waals surface area contributed by atoms with Crippen LogP contribution in [0.25, 0.3) is 0 Å². The molecule has 3 atom stereocenters. The number of hydrogen-bond acceptors (Lipinski definition) is 4.